The molecule has 2 unspecified atom stereocenters. The van der Waals surface area contributed by atoms with Gasteiger partial charge in [0.25, 0.3) is 0 Å². The number of likely N-dealkylation sites (N-methyl/N-ethyl adjacent to an activating group) is 1. The van der Waals surface area contributed by atoms with Crippen molar-refractivity contribution in [1.29, 1.82) is 0 Å². The number of rotatable bonds is 4. The molecule has 2 rings (SSSR count). The fraction of sp³-hybridized carbons (Fsp3) is 0.571. The van der Waals surface area contributed by atoms with Crippen LogP contribution in [0.5, 0.6) is 0 Å². The Hall–Kier alpha value is -1.15. The van der Waals surface area contributed by atoms with E-state index in [0.717, 1.165) is 19.2 Å². The molecule has 0 amide bonds. The van der Waals surface area contributed by atoms with Crippen molar-refractivity contribution in [2.45, 2.75) is 25.2 Å². The molecule has 1 heterocycles. The van der Waals surface area contributed by atoms with E-state index in [2.05, 4.69) is 10.3 Å². The number of ether oxygens (including phenoxy) is 1. The molecule has 0 spiro atoms. The predicted octanol–water partition coefficient (Wildman–Crippen LogP) is 1.93. The number of morpholine rings is 1. The van der Waals surface area contributed by atoms with E-state index < -0.39 is 23.9 Å². The lowest BCUT2D eigenvalue weighted by atomic mass is 9.95. The van der Waals surface area contributed by atoms with Crippen molar-refractivity contribution in [1.82, 2.24) is 10.3 Å². The Morgan fingerprint density at radius 1 is 1.43 bits per heavy atom. The normalized spacial score (nSPS) is 22.2. The lowest BCUT2D eigenvalue weighted by Gasteiger charge is -2.37. The molecule has 1 aromatic carbocycles. The SMILES string of the molecule is CCN1CCOC(C(NN)c2ccccc2C(F)(F)F)C1. The topological polar surface area (TPSA) is 50.5 Å². The van der Waals surface area contributed by atoms with Gasteiger partial charge in [-0.25, -0.2) is 0 Å². The molecule has 1 saturated heterocycles. The Balaban J connectivity index is 2.29. The van der Waals surface area contributed by atoms with Crippen LogP contribution >= 0.6 is 0 Å². The summed E-state index contributed by atoms with van der Waals surface area (Å²) in [6.45, 7) is 4.67. The van der Waals surface area contributed by atoms with Gasteiger partial charge in [0.05, 0.1) is 24.3 Å². The van der Waals surface area contributed by atoms with E-state index in [0.29, 0.717) is 13.2 Å². The fourth-order valence-corrected chi connectivity index (χ4v) is 2.64. The smallest absolute Gasteiger partial charge is 0.374 e. The second kappa shape index (κ2) is 6.74. The molecule has 21 heavy (non-hydrogen) atoms. The largest absolute Gasteiger partial charge is 0.416 e. The average Bonchev–Trinajstić information content (AvgIpc) is 2.48. The molecule has 7 heteroatoms. The lowest BCUT2D eigenvalue weighted by molar-refractivity contribution is -0.139. The number of hydrogen-bond acceptors (Lipinski definition) is 4. The van der Waals surface area contributed by atoms with Crippen molar-refractivity contribution in [2.24, 2.45) is 5.84 Å². The number of alkyl halides is 3. The molecular formula is C14H20F3N3O. The van der Waals surface area contributed by atoms with Crippen LogP contribution in [0.15, 0.2) is 24.3 Å². The van der Waals surface area contributed by atoms with Crippen molar-refractivity contribution < 1.29 is 17.9 Å². The second-order valence-corrected chi connectivity index (χ2v) is 5.03. The molecule has 0 radical (unpaired) electrons. The van der Waals surface area contributed by atoms with Crippen molar-refractivity contribution in [3.05, 3.63) is 35.4 Å². The zero-order valence-corrected chi connectivity index (χ0v) is 11.9. The van der Waals surface area contributed by atoms with Gasteiger partial charge in [0.15, 0.2) is 0 Å². The maximum atomic E-state index is 13.1. The quantitative estimate of drug-likeness (QED) is 0.659. The number of halogens is 3. The third kappa shape index (κ3) is 3.74. The first-order chi connectivity index (χ1) is 9.97. The highest BCUT2D eigenvalue weighted by Gasteiger charge is 2.37. The second-order valence-electron chi connectivity index (χ2n) is 5.03. The van der Waals surface area contributed by atoms with Crippen molar-refractivity contribution >= 4 is 0 Å². The summed E-state index contributed by atoms with van der Waals surface area (Å²) in [5, 5.41) is 0. The van der Waals surface area contributed by atoms with Gasteiger partial charge < -0.3 is 4.74 Å². The Kier molecular flexibility index (Phi) is 5.21. The van der Waals surface area contributed by atoms with Crippen LogP contribution in [0.4, 0.5) is 13.2 Å². The van der Waals surface area contributed by atoms with Crippen molar-refractivity contribution in [3.8, 4) is 0 Å². The summed E-state index contributed by atoms with van der Waals surface area (Å²) < 4.78 is 45.0. The van der Waals surface area contributed by atoms with Gasteiger partial charge in [-0.15, -0.1) is 0 Å². The molecule has 3 N–H and O–H groups in total. The molecule has 0 aliphatic carbocycles. The predicted molar refractivity (Wildman–Crippen MR) is 73.4 cm³/mol. The summed E-state index contributed by atoms with van der Waals surface area (Å²) in [4.78, 5) is 2.13. The third-order valence-electron chi connectivity index (χ3n) is 3.78. The highest BCUT2D eigenvalue weighted by molar-refractivity contribution is 5.33. The zero-order valence-electron chi connectivity index (χ0n) is 11.9. The first kappa shape index (κ1) is 16.2. The maximum Gasteiger partial charge on any atom is 0.416 e. The van der Waals surface area contributed by atoms with Crippen LogP contribution in [0.25, 0.3) is 0 Å². The van der Waals surface area contributed by atoms with E-state index in [9.17, 15) is 13.2 Å². The standard InChI is InChI=1S/C14H20F3N3O/c1-2-20-7-8-21-12(9-20)13(19-18)10-5-3-4-6-11(10)14(15,16)17/h3-6,12-13,19H,2,7-9,18H2,1H3. The number of nitrogens with two attached hydrogens (primary N) is 1. The summed E-state index contributed by atoms with van der Waals surface area (Å²) in [7, 11) is 0. The van der Waals surface area contributed by atoms with Gasteiger partial charge in [0.2, 0.25) is 0 Å². The molecule has 4 nitrogen and oxygen atoms in total. The van der Waals surface area contributed by atoms with Gasteiger partial charge in [0.1, 0.15) is 0 Å². The molecular weight excluding hydrogens is 283 g/mol. The molecule has 0 bridgehead atoms. The van der Waals surface area contributed by atoms with Crippen molar-refractivity contribution in [3.63, 3.8) is 0 Å². The Morgan fingerprint density at radius 3 is 2.76 bits per heavy atom. The van der Waals surface area contributed by atoms with E-state index in [1.807, 2.05) is 6.92 Å². The summed E-state index contributed by atoms with van der Waals surface area (Å²) in [6.07, 6.45) is -4.82. The van der Waals surface area contributed by atoms with Gasteiger partial charge in [-0.2, -0.15) is 13.2 Å². The third-order valence-corrected chi connectivity index (χ3v) is 3.78. The van der Waals surface area contributed by atoms with Crippen LogP contribution in [-0.2, 0) is 10.9 Å². The Labute approximate surface area is 122 Å². The first-order valence-electron chi connectivity index (χ1n) is 6.93. The van der Waals surface area contributed by atoms with Crippen LogP contribution in [0.3, 0.4) is 0 Å². The van der Waals surface area contributed by atoms with Gasteiger partial charge in [-0.1, -0.05) is 25.1 Å². The van der Waals surface area contributed by atoms with Crippen LogP contribution in [-0.4, -0.2) is 37.2 Å². The highest BCUT2D eigenvalue weighted by atomic mass is 19.4. The molecule has 2 atom stereocenters. The molecule has 1 fully saturated rings. The number of hydrogen-bond donors (Lipinski definition) is 2. The molecule has 118 valence electrons. The highest BCUT2D eigenvalue weighted by Crippen LogP contribution is 2.36. The van der Waals surface area contributed by atoms with E-state index in [1.165, 1.54) is 12.1 Å². The zero-order chi connectivity index (χ0) is 15.5. The summed E-state index contributed by atoms with van der Waals surface area (Å²) in [6, 6.07) is 4.77. The van der Waals surface area contributed by atoms with Gasteiger partial charge >= 0.3 is 6.18 Å². The minimum absolute atomic E-state index is 0.121. The van der Waals surface area contributed by atoms with Gasteiger partial charge in [-0.3, -0.25) is 16.2 Å². The monoisotopic (exact) mass is 303 g/mol. The van der Waals surface area contributed by atoms with E-state index in [-0.39, 0.29) is 5.56 Å². The van der Waals surface area contributed by atoms with Gasteiger partial charge in [0, 0.05) is 13.1 Å². The number of nitrogens with zero attached hydrogens (tertiary/aromatic N) is 1. The fourth-order valence-electron chi connectivity index (χ4n) is 2.64. The number of hydrazine groups is 1. The molecule has 1 aromatic rings. The van der Waals surface area contributed by atoms with Crippen molar-refractivity contribution in [2.75, 3.05) is 26.2 Å². The Bertz CT molecular complexity index is 467. The number of nitrogens with one attached hydrogen (secondary N) is 1. The Morgan fingerprint density at radius 2 is 2.14 bits per heavy atom. The minimum atomic E-state index is -4.41. The molecule has 0 aromatic heterocycles. The molecule has 1 aliphatic heterocycles. The van der Waals surface area contributed by atoms with E-state index >= 15 is 0 Å². The van der Waals surface area contributed by atoms with Crippen LogP contribution in [0.2, 0.25) is 0 Å². The van der Waals surface area contributed by atoms with E-state index in [1.54, 1.807) is 6.07 Å². The van der Waals surface area contributed by atoms with Crippen LogP contribution in [0.1, 0.15) is 24.1 Å². The minimum Gasteiger partial charge on any atom is -0.374 e. The molecule has 1 aliphatic rings. The van der Waals surface area contributed by atoms with Gasteiger partial charge in [-0.05, 0) is 18.2 Å². The lowest BCUT2D eigenvalue weighted by Crippen LogP contribution is -2.49. The molecule has 0 saturated carbocycles. The maximum absolute atomic E-state index is 13.1. The number of benzene rings is 1. The summed E-state index contributed by atoms with van der Waals surface area (Å²) in [5.74, 6) is 5.52. The first-order valence-corrected chi connectivity index (χ1v) is 6.93. The summed E-state index contributed by atoms with van der Waals surface area (Å²) >= 11 is 0. The average molecular weight is 303 g/mol. The van der Waals surface area contributed by atoms with E-state index in [4.69, 9.17) is 10.6 Å². The van der Waals surface area contributed by atoms with Crippen LogP contribution < -0.4 is 11.3 Å². The van der Waals surface area contributed by atoms with Crippen LogP contribution in [0, 0.1) is 0 Å². The summed E-state index contributed by atoms with van der Waals surface area (Å²) in [5.41, 5.74) is 1.94.